The van der Waals surface area contributed by atoms with E-state index in [0.29, 0.717) is 22.5 Å². The predicted molar refractivity (Wildman–Crippen MR) is 265 cm³/mol. The Hall–Kier alpha value is -7.94. The van der Waals surface area contributed by atoms with Crippen molar-refractivity contribution in [3.8, 4) is 55.6 Å². The summed E-state index contributed by atoms with van der Waals surface area (Å²) in [7, 11) is 0. The third-order valence-corrected chi connectivity index (χ3v) is 12.3. The van der Waals surface area contributed by atoms with Crippen LogP contribution in [0.1, 0.15) is 42.8 Å². The van der Waals surface area contributed by atoms with Gasteiger partial charge in [0.15, 0.2) is 0 Å². The second kappa shape index (κ2) is 14.6. The van der Waals surface area contributed by atoms with Crippen LogP contribution >= 0.6 is 0 Å². The van der Waals surface area contributed by atoms with E-state index in [1.807, 2.05) is 97.1 Å². The maximum Gasteiger partial charge on any atom is 0.143 e. The lowest BCUT2D eigenvalue weighted by atomic mass is 9.79. The highest BCUT2D eigenvalue weighted by molar-refractivity contribution is 6.19. The van der Waals surface area contributed by atoms with Gasteiger partial charge in [0, 0.05) is 38.5 Å². The van der Waals surface area contributed by atoms with Gasteiger partial charge in [-0.3, -0.25) is 0 Å². The minimum atomic E-state index is -0.781. The van der Waals surface area contributed by atoms with Gasteiger partial charge in [0.05, 0.1) is 23.5 Å². The molecule has 1 aliphatic carbocycles. The van der Waals surface area contributed by atoms with Crippen LogP contribution in [0, 0.1) is 0 Å². The van der Waals surface area contributed by atoms with Crippen molar-refractivity contribution in [1.29, 1.82) is 0 Å². The summed E-state index contributed by atoms with van der Waals surface area (Å²) in [5, 5.41) is 3.67. The van der Waals surface area contributed by atoms with E-state index in [2.05, 4.69) is 62.4 Å². The van der Waals surface area contributed by atoms with Crippen LogP contribution in [0.5, 0.6) is 0 Å². The molecule has 0 unspecified atom stereocenters. The summed E-state index contributed by atoms with van der Waals surface area (Å²) < 4.78 is 124. The molecule has 0 N–H and O–H groups in total. The Balaban J connectivity index is 1.08. The number of benzene rings is 10. The SMILES string of the molecule is [2H]c1c([2H])c([2H])c(-c2c([2H])c([2H])c(-c3c([2H])c([2H])c(N(c4ccc(-c5cccc6c5C(C)(C)c5ccccc5-6)cc4)c4ccccc4-c4cccc5oc6c7ccccc7ccc6c45)c([2H])c3[2H])c([2H])c2[2H])c([2H])c1[2H]. The molecular formula is C61H43NO. The molecule has 11 aromatic rings. The molecule has 0 saturated carbocycles. The number of rotatable bonds is 7. The molecule has 1 heterocycles. The molecule has 0 saturated heterocycles. The maximum absolute atomic E-state index is 9.86. The largest absolute Gasteiger partial charge is 0.455 e. The second-order valence-corrected chi connectivity index (χ2v) is 16.2. The highest BCUT2D eigenvalue weighted by atomic mass is 16.3. The van der Waals surface area contributed by atoms with Crippen LogP contribution < -0.4 is 4.90 Å². The Morgan fingerprint density at radius 1 is 0.429 bits per heavy atom. The van der Waals surface area contributed by atoms with Crippen LogP contribution in [0.3, 0.4) is 0 Å². The Morgan fingerprint density at radius 2 is 1.03 bits per heavy atom. The third-order valence-electron chi connectivity index (χ3n) is 12.3. The molecule has 0 radical (unpaired) electrons. The molecule has 298 valence electrons. The molecule has 0 fully saturated rings. The van der Waals surface area contributed by atoms with Crippen LogP contribution in [-0.2, 0) is 5.41 Å². The molecule has 0 aliphatic heterocycles. The van der Waals surface area contributed by atoms with Crippen molar-refractivity contribution in [2.45, 2.75) is 19.3 Å². The summed E-state index contributed by atoms with van der Waals surface area (Å²) in [5.41, 5.74) is 7.89. The van der Waals surface area contributed by atoms with Gasteiger partial charge < -0.3 is 9.32 Å². The molecule has 1 aromatic heterocycles. The fourth-order valence-electron chi connectivity index (χ4n) is 9.42. The van der Waals surface area contributed by atoms with Gasteiger partial charge in [-0.15, -0.1) is 0 Å². The van der Waals surface area contributed by atoms with Gasteiger partial charge in [-0.1, -0.05) is 196 Å². The van der Waals surface area contributed by atoms with E-state index < -0.39 is 101 Å². The molecule has 1 aliphatic rings. The van der Waals surface area contributed by atoms with E-state index in [9.17, 15) is 8.22 Å². The van der Waals surface area contributed by atoms with E-state index >= 15 is 0 Å². The van der Waals surface area contributed by atoms with Crippen molar-refractivity contribution in [2.75, 3.05) is 4.90 Å². The molecule has 10 aromatic carbocycles. The summed E-state index contributed by atoms with van der Waals surface area (Å²) in [5.74, 6) is 0. The van der Waals surface area contributed by atoms with Crippen LogP contribution in [0.15, 0.2) is 229 Å². The zero-order valence-corrected chi connectivity index (χ0v) is 34.2. The summed E-state index contributed by atoms with van der Waals surface area (Å²) in [6.07, 6.45) is 0. The molecule has 0 atom stereocenters. The van der Waals surface area contributed by atoms with Crippen molar-refractivity contribution >= 4 is 49.8 Å². The zero-order chi connectivity index (χ0) is 53.4. The highest BCUT2D eigenvalue weighted by Crippen LogP contribution is 2.52. The first kappa shape index (κ1) is 25.7. The van der Waals surface area contributed by atoms with Gasteiger partial charge >= 0.3 is 0 Å². The van der Waals surface area contributed by atoms with Crippen molar-refractivity contribution < 1.29 is 22.2 Å². The number of furan rings is 1. The van der Waals surface area contributed by atoms with E-state index in [0.717, 1.165) is 49.4 Å². The zero-order valence-electron chi connectivity index (χ0n) is 47.2. The summed E-state index contributed by atoms with van der Waals surface area (Å²) >= 11 is 0. The Kier molecular flexibility index (Phi) is 5.97. The first-order valence-electron chi connectivity index (χ1n) is 27.3. The van der Waals surface area contributed by atoms with E-state index in [1.54, 1.807) is 4.90 Å². The first-order chi connectivity index (χ1) is 36.4. The summed E-state index contributed by atoms with van der Waals surface area (Å²) in [4.78, 5) is 1.69. The third kappa shape index (κ3) is 6.02. The average Bonchev–Trinajstić information content (AvgIpc) is 4.03. The quantitative estimate of drug-likeness (QED) is 0.159. The summed E-state index contributed by atoms with van der Waals surface area (Å²) in [6, 6.07) is 38.8. The monoisotopic (exact) mass is 818 g/mol. The van der Waals surface area contributed by atoms with E-state index in [-0.39, 0.29) is 11.1 Å². The normalized spacial score (nSPS) is 15.6. The minimum Gasteiger partial charge on any atom is -0.455 e. The fourth-order valence-corrected chi connectivity index (χ4v) is 9.42. The lowest BCUT2D eigenvalue weighted by Gasteiger charge is -2.29. The molecule has 63 heavy (non-hydrogen) atoms. The number of hydrogen-bond acceptors (Lipinski definition) is 2. The van der Waals surface area contributed by atoms with Gasteiger partial charge in [0.1, 0.15) is 11.2 Å². The standard InChI is InChI=1S/C61H43NO/c1-61(2)55-23-10-8-18-50(55)53-22-12-20-48(59(53)61)45-32-37-47(38-33-45)62(46-35-30-43(31-36-46)42-28-26-41(27-29-42)40-14-4-3-5-15-40)56-24-11-9-19-51(56)52-21-13-25-57-58(52)54-39-34-44-16-6-7-17-49(44)60(54)63-57/h3-39H,1-2H3/i3D,4D,5D,14D,15D,26D,27D,28D,29D,30D,31D,35D,36D. The Labute approximate surface area is 386 Å². The van der Waals surface area contributed by atoms with E-state index in [4.69, 9.17) is 14.0 Å². The molecule has 2 heteroatoms. The highest BCUT2D eigenvalue weighted by Gasteiger charge is 2.37. The Morgan fingerprint density at radius 3 is 1.81 bits per heavy atom. The van der Waals surface area contributed by atoms with Crippen LogP contribution in [0.2, 0.25) is 0 Å². The number of fused-ring (bicyclic) bond motifs is 8. The molecule has 0 bridgehead atoms. The van der Waals surface area contributed by atoms with Crippen molar-refractivity contribution in [3.05, 3.63) is 235 Å². The lowest BCUT2D eigenvalue weighted by Crippen LogP contribution is -2.16. The van der Waals surface area contributed by atoms with Gasteiger partial charge in [0.2, 0.25) is 0 Å². The van der Waals surface area contributed by atoms with Crippen LogP contribution in [-0.4, -0.2) is 0 Å². The van der Waals surface area contributed by atoms with Crippen molar-refractivity contribution in [1.82, 2.24) is 0 Å². The lowest BCUT2D eigenvalue weighted by molar-refractivity contribution is 0.662. The second-order valence-electron chi connectivity index (χ2n) is 16.2. The van der Waals surface area contributed by atoms with Gasteiger partial charge in [-0.25, -0.2) is 0 Å². The van der Waals surface area contributed by atoms with Gasteiger partial charge in [-0.05, 0) is 109 Å². The number of anilines is 3. The topological polar surface area (TPSA) is 16.4 Å². The van der Waals surface area contributed by atoms with E-state index in [1.165, 1.54) is 16.7 Å². The molecule has 0 amide bonds. The molecule has 12 rings (SSSR count). The number of para-hydroxylation sites is 1. The van der Waals surface area contributed by atoms with Crippen LogP contribution in [0.4, 0.5) is 17.1 Å². The number of hydrogen-bond donors (Lipinski definition) is 0. The van der Waals surface area contributed by atoms with Crippen LogP contribution in [0.25, 0.3) is 88.3 Å². The fraction of sp³-hybridized carbons (Fsp3) is 0.0492. The van der Waals surface area contributed by atoms with Gasteiger partial charge in [-0.2, -0.15) is 0 Å². The Bertz CT molecular complexity index is 4230. The minimum absolute atomic E-state index is 0.155. The average molecular weight is 819 g/mol. The van der Waals surface area contributed by atoms with Crippen molar-refractivity contribution in [2.24, 2.45) is 0 Å². The van der Waals surface area contributed by atoms with Gasteiger partial charge in [0.25, 0.3) is 0 Å². The molecular weight excluding hydrogens is 763 g/mol. The molecule has 0 spiro atoms. The molecule has 2 nitrogen and oxygen atoms in total. The summed E-state index contributed by atoms with van der Waals surface area (Å²) in [6.45, 7) is 4.45. The maximum atomic E-state index is 9.86. The number of nitrogens with zero attached hydrogens (tertiary/aromatic N) is 1. The first-order valence-corrected chi connectivity index (χ1v) is 20.8. The smallest absolute Gasteiger partial charge is 0.143 e. The predicted octanol–water partition coefficient (Wildman–Crippen LogP) is 17.2. The van der Waals surface area contributed by atoms with Crippen molar-refractivity contribution in [3.63, 3.8) is 0 Å².